The number of hydrogen-bond donors (Lipinski definition) is 0. The summed E-state index contributed by atoms with van der Waals surface area (Å²) in [7, 11) is 0. The van der Waals surface area contributed by atoms with Gasteiger partial charge in [0.25, 0.3) is 0 Å². The molecule has 1 aliphatic rings. The maximum Gasteiger partial charge on any atom is 0.391 e. The van der Waals surface area contributed by atoms with E-state index in [9.17, 15) is 13.2 Å². The molecule has 1 rings (SSSR count). The summed E-state index contributed by atoms with van der Waals surface area (Å²) in [6, 6.07) is 0. The molecule has 0 aromatic carbocycles. The van der Waals surface area contributed by atoms with Crippen molar-refractivity contribution in [2.45, 2.75) is 29.4 Å². The molecule has 0 amide bonds. The lowest BCUT2D eigenvalue weighted by Gasteiger charge is -2.12. The highest BCUT2D eigenvalue weighted by Crippen LogP contribution is 2.41. The second-order valence-electron chi connectivity index (χ2n) is 2.65. The van der Waals surface area contributed by atoms with E-state index in [1.165, 1.54) is 0 Å². The van der Waals surface area contributed by atoms with E-state index in [-0.39, 0.29) is 3.92 Å². The molecule has 0 radical (unpaired) electrons. The van der Waals surface area contributed by atoms with Crippen LogP contribution >= 0.6 is 22.6 Å². The molecular weight excluding hydrogens is 256 g/mol. The van der Waals surface area contributed by atoms with Gasteiger partial charge in [0, 0.05) is 3.92 Å². The van der Waals surface area contributed by atoms with Crippen molar-refractivity contribution in [2.75, 3.05) is 0 Å². The lowest BCUT2D eigenvalue weighted by molar-refractivity contribution is -0.172. The first-order valence-corrected chi connectivity index (χ1v) is 4.45. The third-order valence-corrected chi connectivity index (χ3v) is 2.96. The maximum atomic E-state index is 11.9. The van der Waals surface area contributed by atoms with Gasteiger partial charge in [0.2, 0.25) is 0 Å². The molecule has 60 valence electrons. The molecule has 0 nitrogen and oxygen atoms in total. The molecule has 10 heavy (non-hydrogen) atoms. The highest BCUT2D eigenvalue weighted by atomic mass is 127. The van der Waals surface area contributed by atoms with Crippen molar-refractivity contribution in [1.82, 2.24) is 0 Å². The second-order valence-corrected chi connectivity index (χ2v) is 4.41. The van der Waals surface area contributed by atoms with E-state index in [4.69, 9.17) is 0 Å². The van der Waals surface area contributed by atoms with Crippen molar-refractivity contribution >= 4 is 22.6 Å². The van der Waals surface area contributed by atoms with E-state index >= 15 is 0 Å². The van der Waals surface area contributed by atoms with Gasteiger partial charge in [-0.25, -0.2) is 0 Å². The van der Waals surface area contributed by atoms with Crippen LogP contribution in [0.5, 0.6) is 0 Å². The lowest BCUT2D eigenvalue weighted by Crippen LogP contribution is -2.19. The van der Waals surface area contributed by atoms with Gasteiger partial charge in [-0.05, 0) is 19.3 Å². The Labute approximate surface area is 71.3 Å². The molecule has 1 saturated carbocycles. The minimum Gasteiger partial charge on any atom is -0.171 e. The zero-order chi connectivity index (χ0) is 7.78. The van der Waals surface area contributed by atoms with Crippen molar-refractivity contribution in [3.8, 4) is 0 Å². The van der Waals surface area contributed by atoms with E-state index in [1.54, 1.807) is 0 Å². The molecule has 0 N–H and O–H groups in total. The number of rotatable bonds is 0. The summed E-state index contributed by atoms with van der Waals surface area (Å²) in [5.74, 6) is -1.02. The monoisotopic (exact) mass is 264 g/mol. The largest absolute Gasteiger partial charge is 0.391 e. The fourth-order valence-corrected chi connectivity index (χ4v) is 2.20. The molecule has 0 spiro atoms. The van der Waals surface area contributed by atoms with Crippen molar-refractivity contribution in [1.29, 1.82) is 0 Å². The third-order valence-electron chi connectivity index (χ3n) is 1.83. The Morgan fingerprint density at radius 3 is 2.00 bits per heavy atom. The molecule has 0 heterocycles. The molecule has 2 atom stereocenters. The summed E-state index contributed by atoms with van der Waals surface area (Å²) in [6.07, 6.45) is -2.56. The number of hydrogen-bond acceptors (Lipinski definition) is 0. The van der Waals surface area contributed by atoms with Crippen molar-refractivity contribution in [2.24, 2.45) is 5.92 Å². The third kappa shape index (κ3) is 2.00. The van der Waals surface area contributed by atoms with Crippen LogP contribution in [-0.2, 0) is 0 Å². The predicted octanol–water partition coefficient (Wildman–Crippen LogP) is 3.15. The fourth-order valence-electron chi connectivity index (χ4n) is 1.22. The smallest absolute Gasteiger partial charge is 0.171 e. The summed E-state index contributed by atoms with van der Waals surface area (Å²) in [5, 5.41) is 0. The summed E-state index contributed by atoms with van der Waals surface area (Å²) < 4.78 is 36.0. The van der Waals surface area contributed by atoms with Crippen LogP contribution in [0, 0.1) is 5.92 Å². The van der Waals surface area contributed by atoms with Crippen LogP contribution in [0.1, 0.15) is 19.3 Å². The Hall–Kier alpha value is 0.520. The molecular formula is C6H8F3I. The van der Waals surface area contributed by atoms with Crippen LogP contribution in [0.2, 0.25) is 0 Å². The highest BCUT2D eigenvalue weighted by Gasteiger charge is 2.43. The first kappa shape index (κ1) is 8.62. The first-order chi connectivity index (χ1) is 4.50. The van der Waals surface area contributed by atoms with Crippen LogP contribution in [0.15, 0.2) is 0 Å². The molecule has 0 bridgehead atoms. The zero-order valence-corrected chi connectivity index (χ0v) is 7.45. The molecule has 0 aliphatic heterocycles. The molecule has 4 heteroatoms. The molecule has 0 saturated heterocycles. The van der Waals surface area contributed by atoms with E-state index in [0.717, 1.165) is 6.42 Å². The van der Waals surface area contributed by atoms with Gasteiger partial charge < -0.3 is 0 Å². The predicted molar refractivity (Wildman–Crippen MR) is 41.2 cm³/mol. The minimum atomic E-state index is -3.94. The second kappa shape index (κ2) is 2.87. The van der Waals surface area contributed by atoms with Gasteiger partial charge in [-0.1, -0.05) is 22.6 Å². The Morgan fingerprint density at radius 2 is 1.80 bits per heavy atom. The van der Waals surface area contributed by atoms with Crippen molar-refractivity contribution in [3.05, 3.63) is 0 Å². The Bertz CT molecular complexity index is 121. The maximum absolute atomic E-state index is 11.9. The van der Waals surface area contributed by atoms with Crippen LogP contribution in [0.4, 0.5) is 13.2 Å². The van der Waals surface area contributed by atoms with Gasteiger partial charge in [0.1, 0.15) is 0 Å². The zero-order valence-electron chi connectivity index (χ0n) is 5.29. The fraction of sp³-hybridized carbons (Fsp3) is 1.00. The Kier molecular flexibility index (Phi) is 2.47. The number of halogens is 4. The van der Waals surface area contributed by atoms with E-state index < -0.39 is 12.1 Å². The van der Waals surface area contributed by atoms with Gasteiger partial charge in [0.05, 0.1) is 5.92 Å². The Balaban J connectivity index is 2.45. The first-order valence-electron chi connectivity index (χ1n) is 3.21. The average molecular weight is 264 g/mol. The summed E-state index contributed by atoms with van der Waals surface area (Å²) in [5.41, 5.74) is 0. The average Bonchev–Trinajstić information content (AvgIpc) is 2.11. The molecule has 0 aromatic heterocycles. The van der Waals surface area contributed by atoms with E-state index in [0.29, 0.717) is 12.8 Å². The highest BCUT2D eigenvalue weighted by molar-refractivity contribution is 14.1. The summed E-state index contributed by atoms with van der Waals surface area (Å²) >= 11 is 2.09. The molecule has 0 unspecified atom stereocenters. The minimum absolute atomic E-state index is 0.240. The molecule has 0 aromatic rings. The van der Waals surface area contributed by atoms with Crippen molar-refractivity contribution in [3.63, 3.8) is 0 Å². The summed E-state index contributed by atoms with van der Waals surface area (Å²) in [4.78, 5) is 0. The number of alkyl halides is 4. The van der Waals surface area contributed by atoms with Gasteiger partial charge >= 0.3 is 6.18 Å². The van der Waals surface area contributed by atoms with Crippen LogP contribution in [-0.4, -0.2) is 10.1 Å². The van der Waals surface area contributed by atoms with Crippen molar-refractivity contribution < 1.29 is 13.2 Å². The summed E-state index contributed by atoms with van der Waals surface area (Å²) in [6.45, 7) is 0. The standard InChI is InChI=1S/C6H8F3I/c7-6(8,9)4-1-2-5(10)3-4/h4-5H,1-3H2/t4-,5-/m1/s1. The van der Waals surface area contributed by atoms with E-state index in [1.807, 2.05) is 0 Å². The SMILES string of the molecule is FC(F)(F)[C@@H]1CC[C@@H](I)C1. The van der Waals surface area contributed by atoms with E-state index in [2.05, 4.69) is 22.6 Å². The van der Waals surface area contributed by atoms with Gasteiger partial charge in [-0.2, -0.15) is 13.2 Å². The lowest BCUT2D eigenvalue weighted by atomic mass is 10.1. The van der Waals surface area contributed by atoms with Gasteiger partial charge in [-0.15, -0.1) is 0 Å². The van der Waals surface area contributed by atoms with Gasteiger partial charge in [0.15, 0.2) is 0 Å². The quantitative estimate of drug-likeness (QED) is 0.465. The molecule has 1 fully saturated rings. The topological polar surface area (TPSA) is 0 Å². The molecule has 1 aliphatic carbocycles. The Morgan fingerprint density at radius 1 is 1.20 bits per heavy atom. The van der Waals surface area contributed by atoms with Gasteiger partial charge in [-0.3, -0.25) is 0 Å². The van der Waals surface area contributed by atoms with Crippen LogP contribution in [0.3, 0.4) is 0 Å². The van der Waals surface area contributed by atoms with Crippen LogP contribution in [0.25, 0.3) is 0 Å². The van der Waals surface area contributed by atoms with Crippen LogP contribution < -0.4 is 0 Å². The normalized spacial score (nSPS) is 34.8.